The minimum atomic E-state index is -0.111. The molecule has 3 aliphatic rings. The number of carbonyl (C=O) groups excluding carboxylic acids is 2. The minimum absolute atomic E-state index is 0.0831. The summed E-state index contributed by atoms with van der Waals surface area (Å²) in [5, 5.41) is 3.15. The van der Waals surface area contributed by atoms with Crippen LogP contribution in [0.1, 0.15) is 77.3 Å². The molecule has 0 atom stereocenters. The average Bonchev–Trinajstić information content (AvgIpc) is 3.40. The van der Waals surface area contributed by atoms with Crippen molar-refractivity contribution in [3.8, 4) is 0 Å². The van der Waals surface area contributed by atoms with E-state index < -0.39 is 0 Å². The van der Waals surface area contributed by atoms with Crippen molar-refractivity contribution in [2.24, 2.45) is 0 Å². The van der Waals surface area contributed by atoms with E-state index in [1.54, 1.807) is 0 Å². The van der Waals surface area contributed by atoms with Gasteiger partial charge in [-0.1, -0.05) is 31.0 Å². The van der Waals surface area contributed by atoms with E-state index in [2.05, 4.69) is 16.4 Å². The maximum absolute atomic E-state index is 13.5. The van der Waals surface area contributed by atoms with Crippen molar-refractivity contribution in [2.75, 3.05) is 11.4 Å². The number of fused-ring (bicyclic) bond motifs is 2. The summed E-state index contributed by atoms with van der Waals surface area (Å²) < 4.78 is 2.01. The molecule has 2 amide bonds. The van der Waals surface area contributed by atoms with Crippen LogP contribution in [-0.4, -0.2) is 34.0 Å². The first-order valence-electron chi connectivity index (χ1n) is 11.0. The van der Waals surface area contributed by atoms with Gasteiger partial charge in [0.2, 0.25) is 5.82 Å². The Kier molecular flexibility index (Phi) is 4.86. The highest BCUT2D eigenvalue weighted by Crippen LogP contribution is 2.30. The second-order valence-electron chi connectivity index (χ2n) is 8.48. The van der Waals surface area contributed by atoms with Crippen LogP contribution < -0.4 is 10.2 Å². The van der Waals surface area contributed by atoms with E-state index in [1.165, 1.54) is 18.4 Å². The van der Waals surface area contributed by atoms with Gasteiger partial charge in [0.25, 0.3) is 11.8 Å². The van der Waals surface area contributed by atoms with Crippen molar-refractivity contribution in [1.29, 1.82) is 0 Å². The van der Waals surface area contributed by atoms with Gasteiger partial charge in [-0.15, -0.1) is 0 Å². The van der Waals surface area contributed by atoms with Gasteiger partial charge in [-0.25, -0.2) is 4.98 Å². The number of nitrogens with zero attached hydrogens (tertiary/aromatic N) is 3. The highest BCUT2D eigenvalue weighted by atomic mass is 16.2. The Balaban J connectivity index is 1.48. The number of aromatic nitrogens is 2. The van der Waals surface area contributed by atoms with Crippen molar-refractivity contribution >= 4 is 17.5 Å². The number of amides is 2. The van der Waals surface area contributed by atoms with Crippen LogP contribution in [0.2, 0.25) is 0 Å². The second kappa shape index (κ2) is 7.65. The first-order chi connectivity index (χ1) is 14.2. The van der Waals surface area contributed by atoms with E-state index in [4.69, 9.17) is 0 Å². The summed E-state index contributed by atoms with van der Waals surface area (Å²) in [5.74, 6) is 0.230. The molecule has 6 nitrogen and oxygen atoms in total. The van der Waals surface area contributed by atoms with Gasteiger partial charge in [0.1, 0.15) is 5.69 Å². The third kappa shape index (κ3) is 3.34. The molecule has 1 aliphatic carbocycles. The molecule has 2 aliphatic heterocycles. The monoisotopic (exact) mass is 392 g/mol. The number of hydrogen-bond donors (Lipinski definition) is 1. The highest BCUT2D eigenvalue weighted by molar-refractivity contribution is 6.06. The van der Waals surface area contributed by atoms with Crippen LogP contribution in [0.25, 0.3) is 0 Å². The predicted molar refractivity (Wildman–Crippen MR) is 111 cm³/mol. The van der Waals surface area contributed by atoms with Gasteiger partial charge in [0, 0.05) is 24.8 Å². The SMILES string of the molecule is O=C(NC1CCCC1)c1nc(C(=O)N2CCCc3ccccc32)n2c1CCCC2. The normalized spacial score (nSPS) is 19.0. The van der Waals surface area contributed by atoms with Crippen LogP contribution in [-0.2, 0) is 19.4 Å². The van der Waals surface area contributed by atoms with Crippen molar-refractivity contribution < 1.29 is 9.59 Å². The first kappa shape index (κ1) is 18.4. The Labute approximate surface area is 171 Å². The largest absolute Gasteiger partial charge is 0.348 e. The molecule has 0 unspecified atom stereocenters. The van der Waals surface area contributed by atoms with Crippen LogP contribution in [0.15, 0.2) is 24.3 Å². The summed E-state index contributed by atoms with van der Waals surface area (Å²) in [4.78, 5) is 33.0. The Bertz CT molecular complexity index is 942. The average molecular weight is 393 g/mol. The van der Waals surface area contributed by atoms with Gasteiger partial charge in [0.15, 0.2) is 0 Å². The molecule has 0 radical (unpaired) electrons. The maximum Gasteiger partial charge on any atom is 0.294 e. The van der Waals surface area contributed by atoms with E-state index in [0.29, 0.717) is 18.1 Å². The Morgan fingerprint density at radius 1 is 0.966 bits per heavy atom. The van der Waals surface area contributed by atoms with Crippen LogP contribution >= 0.6 is 0 Å². The molecule has 6 heteroatoms. The fourth-order valence-electron chi connectivity index (χ4n) is 5.08. The maximum atomic E-state index is 13.5. The quantitative estimate of drug-likeness (QED) is 0.870. The van der Waals surface area contributed by atoms with Gasteiger partial charge in [-0.05, 0) is 56.6 Å². The van der Waals surface area contributed by atoms with E-state index in [0.717, 1.165) is 62.9 Å². The lowest BCUT2D eigenvalue weighted by Crippen LogP contribution is -2.37. The van der Waals surface area contributed by atoms with Crippen LogP contribution in [0.4, 0.5) is 5.69 Å². The van der Waals surface area contributed by atoms with E-state index in [-0.39, 0.29) is 17.9 Å². The summed E-state index contributed by atoms with van der Waals surface area (Å²) in [7, 11) is 0. The molecule has 2 aromatic rings. The Morgan fingerprint density at radius 3 is 2.66 bits per heavy atom. The molecular formula is C23H28N4O2. The van der Waals surface area contributed by atoms with Gasteiger partial charge in [-0.3, -0.25) is 9.59 Å². The second-order valence-corrected chi connectivity index (χ2v) is 8.48. The molecule has 29 heavy (non-hydrogen) atoms. The molecule has 1 aromatic carbocycles. The van der Waals surface area contributed by atoms with Gasteiger partial charge in [-0.2, -0.15) is 0 Å². The molecule has 152 valence electrons. The van der Waals surface area contributed by atoms with E-state index in [9.17, 15) is 9.59 Å². The van der Waals surface area contributed by atoms with E-state index >= 15 is 0 Å². The van der Waals surface area contributed by atoms with Gasteiger partial charge in [0.05, 0.1) is 5.69 Å². The molecule has 1 aromatic heterocycles. The summed E-state index contributed by atoms with van der Waals surface area (Å²) >= 11 is 0. The smallest absolute Gasteiger partial charge is 0.294 e. The van der Waals surface area contributed by atoms with Crippen LogP contribution in [0.3, 0.4) is 0 Å². The molecule has 5 rings (SSSR count). The highest BCUT2D eigenvalue weighted by Gasteiger charge is 2.32. The zero-order valence-electron chi connectivity index (χ0n) is 16.8. The number of hydrogen-bond acceptors (Lipinski definition) is 3. The number of aryl methyl sites for hydroxylation is 1. The number of rotatable bonds is 3. The molecule has 1 fully saturated rings. The van der Waals surface area contributed by atoms with Crippen LogP contribution in [0, 0.1) is 0 Å². The predicted octanol–water partition coefficient (Wildman–Crippen LogP) is 3.48. The lowest BCUT2D eigenvalue weighted by atomic mass is 10.0. The summed E-state index contributed by atoms with van der Waals surface area (Å²) in [6.45, 7) is 1.46. The number of nitrogens with one attached hydrogen (secondary N) is 1. The fraction of sp³-hybridized carbons (Fsp3) is 0.522. The topological polar surface area (TPSA) is 67.2 Å². The molecular weight excluding hydrogens is 364 g/mol. The summed E-state index contributed by atoms with van der Waals surface area (Å²) in [5.41, 5.74) is 3.58. The fourth-order valence-corrected chi connectivity index (χ4v) is 5.08. The number of para-hydroxylation sites is 1. The molecule has 0 spiro atoms. The minimum Gasteiger partial charge on any atom is -0.348 e. The molecule has 1 N–H and O–H groups in total. The van der Waals surface area contributed by atoms with Crippen molar-refractivity contribution in [3.05, 3.63) is 47.0 Å². The standard InChI is InChI=1S/C23H28N4O2/c28-22(24-17-10-2-3-11-17)20-19-13-5-6-14-26(19)21(25-20)23(29)27-15-7-9-16-8-1-4-12-18(16)27/h1,4,8,12,17H,2-3,5-7,9-11,13-15H2,(H,24,28). The number of imidazole rings is 1. The zero-order chi connectivity index (χ0) is 19.8. The van der Waals surface area contributed by atoms with Crippen molar-refractivity contribution in [2.45, 2.75) is 70.4 Å². The number of benzene rings is 1. The summed E-state index contributed by atoms with van der Waals surface area (Å²) in [6.07, 6.45) is 9.23. The van der Waals surface area contributed by atoms with Gasteiger partial charge < -0.3 is 14.8 Å². The third-order valence-corrected chi connectivity index (χ3v) is 6.57. The molecule has 3 heterocycles. The van der Waals surface area contributed by atoms with E-state index in [1.807, 2.05) is 27.7 Å². The van der Waals surface area contributed by atoms with Gasteiger partial charge >= 0.3 is 0 Å². The first-order valence-corrected chi connectivity index (χ1v) is 11.0. The lowest BCUT2D eigenvalue weighted by molar-refractivity contribution is 0.0931. The van der Waals surface area contributed by atoms with Crippen LogP contribution in [0.5, 0.6) is 0 Å². The molecule has 0 saturated heterocycles. The van der Waals surface area contributed by atoms with Crippen molar-refractivity contribution in [1.82, 2.24) is 14.9 Å². The molecule has 0 bridgehead atoms. The third-order valence-electron chi connectivity index (χ3n) is 6.57. The summed E-state index contributed by atoms with van der Waals surface area (Å²) in [6, 6.07) is 8.36. The Hall–Kier alpha value is -2.63. The number of carbonyl (C=O) groups is 2. The van der Waals surface area contributed by atoms with Crippen molar-refractivity contribution in [3.63, 3.8) is 0 Å². The molecule has 1 saturated carbocycles. The zero-order valence-corrected chi connectivity index (χ0v) is 16.8. The lowest BCUT2D eigenvalue weighted by Gasteiger charge is -2.29. The number of anilines is 1. The Morgan fingerprint density at radius 2 is 1.79 bits per heavy atom.